The van der Waals surface area contributed by atoms with Crippen molar-refractivity contribution in [3.63, 3.8) is 0 Å². The van der Waals surface area contributed by atoms with Crippen molar-refractivity contribution in [3.8, 4) is 0 Å². The fraction of sp³-hybridized carbons (Fsp3) is 0.500. The van der Waals surface area contributed by atoms with E-state index in [-0.39, 0.29) is 5.91 Å². The van der Waals surface area contributed by atoms with Crippen LogP contribution in [0.3, 0.4) is 0 Å². The molecule has 2 aromatic rings. The van der Waals surface area contributed by atoms with Crippen molar-refractivity contribution in [1.29, 1.82) is 0 Å². The third kappa shape index (κ3) is 4.50. The van der Waals surface area contributed by atoms with Crippen molar-refractivity contribution >= 4 is 23.2 Å². The molecule has 29 heavy (non-hydrogen) atoms. The van der Waals surface area contributed by atoms with Crippen LogP contribution in [0.5, 0.6) is 0 Å². The number of amides is 1. The first-order valence-corrected chi connectivity index (χ1v) is 10.6. The summed E-state index contributed by atoms with van der Waals surface area (Å²) in [5.74, 6) is 0.449. The van der Waals surface area contributed by atoms with E-state index in [1.165, 1.54) is 6.42 Å². The molecule has 1 N–H and O–H groups in total. The molecule has 7 heteroatoms. The molecular formula is C22H29N5O2. The number of carbonyl (C=O) groups is 1. The number of hydrogen-bond donors (Lipinski definition) is 1. The zero-order valence-corrected chi connectivity index (χ0v) is 17.0. The standard InChI is InChI=1S/C22H29N5O2/c1-2-17-7-5-6-12-27(17)22-23-11-10-19(25-22)21(28)24-18-8-3-4-9-20(18)26-13-15-29-16-14-26/h3-4,8-11,17H,2,5-7,12-16H2,1H3,(H,24,28). The van der Waals surface area contributed by atoms with Crippen LogP contribution in [0.15, 0.2) is 36.5 Å². The van der Waals surface area contributed by atoms with E-state index >= 15 is 0 Å². The number of aromatic nitrogens is 2. The molecule has 7 nitrogen and oxygen atoms in total. The van der Waals surface area contributed by atoms with Gasteiger partial charge in [-0.15, -0.1) is 0 Å². The fourth-order valence-corrected chi connectivity index (χ4v) is 4.15. The lowest BCUT2D eigenvalue weighted by molar-refractivity contribution is 0.102. The van der Waals surface area contributed by atoms with E-state index in [2.05, 4.69) is 32.0 Å². The van der Waals surface area contributed by atoms with Gasteiger partial charge in [-0.3, -0.25) is 4.79 Å². The summed E-state index contributed by atoms with van der Waals surface area (Å²) in [4.78, 5) is 26.5. The van der Waals surface area contributed by atoms with Gasteiger partial charge < -0.3 is 19.9 Å². The van der Waals surface area contributed by atoms with Gasteiger partial charge in [0.05, 0.1) is 24.6 Å². The van der Waals surface area contributed by atoms with Gasteiger partial charge in [0.25, 0.3) is 5.91 Å². The molecule has 1 aromatic heterocycles. The van der Waals surface area contributed by atoms with Crippen molar-refractivity contribution in [1.82, 2.24) is 9.97 Å². The molecule has 0 saturated carbocycles. The van der Waals surface area contributed by atoms with E-state index < -0.39 is 0 Å². The number of para-hydroxylation sites is 2. The van der Waals surface area contributed by atoms with Crippen molar-refractivity contribution in [3.05, 3.63) is 42.2 Å². The maximum atomic E-state index is 13.0. The predicted octanol–water partition coefficient (Wildman–Crippen LogP) is 3.33. The number of morpholine rings is 1. The number of nitrogens with one attached hydrogen (secondary N) is 1. The summed E-state index contributed by atoms with van der Waals surface area (Å²) in [6.45, 7) is 6.18. The average Bonchev–Trinajstić information content (AvgIpc) is 2.80. The molecule has 2 aliphatic rings. The minimum absolute atomic E-state index is 0.209. The maximum Gasteiger partial charge on any atom is 0.274 e. The van der Waals surface area contributed by atoms with E-state index in [0.717, 1.165) is 50.3 Å². The molecule has 0 radical (unpaired) electrons. The van der Waals surface area contributed by atoms with Crippen molar-refractivity contribution in [2.24, 2.45) is 0 Å². The summed E-state index contributed by atoms with van der Waals surface area (Å²) in [5, 5.41) is 3.05. The number of ether oxygens (including phenoxy) is 1. The summed E-state index contributed by atoms with van der Waals surface area (Å²) >= 11 is 0. The molecule has 2 fully saturated rings. The van der Waals surface area contributed by atoms with Crippen LogP contribution >= 0.6 is 0 Å². The summed E-state index contributed by atoms with van der Waals surface area (Å²) in [5.41, 5.74) is 2.21. The molecule has 154 valence electrons. The molecule has 1 atom stereocenters. The summed E-state index contributed by atoms with van der Waals surface area (Å²) in [7, 11) is 0. The van der Waals surface area contributed by atoms with Gasteiger partial charge in [-0.1, -0.05) is 19.1 Å². The van der Waals surface area contributed by atoms with Crippen LogP contribution in [0.4, 0.5) is 17.3 Å². The lowest BCUT2D eigenvalue weighted by atomic mass is 10.0. The van der Waals surface area contributed by atoms with E-state index in [9.17, 15) is 4.79 Å². The second-order valence-electron chi connectivity index (χ2n) is 7.56. The monoisotopic (exact) mass is 395 g/mol. The van der Waals surface area contributed by atoms with Gasteiger partial charge in [0.2, 0.25) is 5.95 Å². The Morgan fingerprint density at radius 1 is 1.17 bits per heavy atom. The molecule has 3 heterocycles. The van der Waals surface area contributed by atoms with Gasteiger partial charge in [-0.25, -0.2) is 9.97 Å². The Balaban J connectivity index is 1.52. The third-order valence-electron chi connectivity index (χ3n) is 5.73. The number of carbonyl (C=O) groups excluding carboxylic acids is 1. The SMILES string of the molecule is CCC1CCCCN1c1nccc(C(=O)Nc2ccccc2N2CCOCC2)n1. The first-order valence-electron chi connectivity index (χ1n) is 10.6. The maximum absolute atomic E-state index is 13.0. The first kappa shape index (κ1) is 19.6. The van der Waals surface area contributed by atoms with E-state index in [4.69, 9.17) is 4.74 Å². The Morgan fingerprint density at radius 3 is 2.83 bits per heavy atom. The van der Waals surface area contributed by atoms with Gasteiger partial charge in [-0.05, 0) is 43.9 Å². The second-order valence-corrected chi connectivity index (χ2v) is 7.56. The smallest absolute Gasteiger partial charge is 0.274 e. The number of hydrogen-bond acceptors (Lipinski definition) is 6. The van der Waals surface area contributed by atoms with Crippen LogP contribution in [0.2, 0.25) is 0 Å². The Hall–Kier alpha value is -2.67. The minimum Gasteiger partial charge on any atom is -0.378 e. The van der Waals surface area contributed by atoms with Crippen molar-refractivity contribution in [2.75, 3.05) is 48.0 Å². The van der Waals surface area contributed by atoms with Gasteiger partial charge in [0, 0.05) is 31.9 Å². The number of nitrogens with zero attached hydrogens (tertiary/aromatic N) is 4. The summed E-state index contributed by atoms with van der Waals surface area (Å²) in [6.07, 6.45) is 6.29. The Bertz CT molecular complexity index is 837. The van der Waals surface area contributed by atoms with Gasteiger partial charge in [-0.2, -0.15) is 0 Å². The molecule has 2 aliphatic heterocycles. The van der Waals surface area contributed by atoms with Crippen LogP contribution in [0, 0.1) is 0 Å². The summed E-state index contributed by atoms with van der Waals surface area (Å²) in [6, 6.07) is 10.0. The van der Waals surface area contributed by atoms with Crippen molar-refractivity contribution in [2.45, 2.75) is 38.6 Å². The zero-order chi connectivity index (χ0) is 20.1. The molecular weight excluding hydrogens is 366 g/mol. The largest absolute Gasteiger partial charge is 0.378 e. The number of rotatable bonds is 5. The molecule has 1 amide bonds. The van der Waals surface area contributed by atoms with Crippen LogP contribution in [-0.2, 0) is 4.74 Å². The number of benzene rings is 1. The number of piperidine rings is 1. The van der Waals surface area contributed by atoms with Crippen LogP contribution in [0.1, 0.15) is 43.1 Å². The van der Waals surface area contributed by atoms with E-state index in [1.807, 2.05) is 24.3 Å². The minimum atomic E-state index is -0.209. The van der Waals surface area contributed by atoms with Crippen LogP contribution in [-0.4, -0.2) is 54.8 Å². The molecule has 0 bridgehead atoms. The predicted molar refractivity (Wildman–Crippen MR) is 115 cm³/mol. The highest BCUT2D eigenvalue weighted by Gasteiger charge is 2.24. The quantitative estimate of drug-likeness (QED) is 0.837. The molecule has 4 rings (SSSR count). The molecule has 0 spiro atoms. The van der Waals surface area contributed by atoms with Crippen LogP contribution in [0.25, 0.3) is 0 Å². The summed E-state index contributed by atoms with van der Waals surface area (Å²) < 4.78 is 5.45. The Kier molecular flexibility index (Phi) is 6.24. The molecule has 2 saturated heterocycles. The molecule has 1 aromatic carbocycles. The topological polar surface area (TPSA) is 70.6 Å². The zero-order valence-electron chi connectivity index (χ0n) is 17.0. The van der Waals surface area contributed by atoms with Gasteiger partial charge >= 0.3 is 0 Å². The second kappa shape index (κ2) is 9.22. The third-order valence-corrected chi connectivity index (χ3v) is 5.73. The lowest BCUT2D eigenvalue weighted by Crippen LogP contribution is -2.40. The number of anilines is 3. The molecule has 0 aliphatic carbocycles. The Labute approximate surface area is 172 Å². The first-order chi connectivity index (χ1) is 14.3. The van der Waals surface area contributed by atoms with Crippen molar-refractivity contribution < 1.29 is 9.53 Å². The van der Waals surface area contributed by atoms with Crippen LogP contribution < -0.4 is 15.1 Å². The Morgan fingerprint density at radius 2 is 2.00 bits per heavy atom. The lowest BCUT2D eigenvalue weighted by Gasteiger charge is -2.35. The normalized spacial score (nSPS) is 19.8. The van der Waals surface area contributed by atoms with Gasteiger partial charge in [0.15, 0.2) is 0 Å². The highest BCUT2D eigenvalue weighted by molar-refractivity contribution is 6.04. The molecule has 1 unspecified atom stereocenters. The average molecular weight is 396 g/mol. The fourth-order valence-electron chi connectivity index (χ4n) is 4.15. The highest BCUT2D eigenvalue weighted by atomic mass is 16.5. The van der Waals surface area contributed by atoms with E-state index in [1.54, 1.807) is 12.3 Å². The van der Waals surface area contributed by atoms with Gasteiger partial charge in [0.1, 0.15) is 5.69 Å². The van der Waals surface area contributed by atoms with E-state index in [0.29, 0.717) is 30.9 Å². The highest BCUT2D eigenvalue weighted by Crippen LogP contribution is 2.27.